The van der Waals surface area contributed by atoms with Crippen molar-refractivity contribution < 1.29 is 9.66 Å². The van der Waals surface area contributed by atoms with Gasteiger partial charge in [-0.25, -0.2) is 0 Å². The molecule has 2 aliphatic heterocycles. The van der Waals surface area contributed by atoms with Crippen LogP contribution in [0.3, 0.4) is 0 Å². The van der Waals surface area contributed by atoms with E-state index in [1.54, 1.807) is 12.1 Å². The first-order valence-electron chi connectivity index (χ1n) is 17.8. The molecule has 0 radical (unpaired) electrons. The normalized spacial score (nSPS) is 18.5. The molecule has 3 aliphatic rings. The summed E-state index contributed by atoms with van der Waals surface area (Å²) >= 11 is 0. The predicted octanol–water partition coefficient (Wildman–Crippen LogP) is 11.5. The second-order valence-corrected chi connectivity index (χ2v) is 15.1. The molecule has 0 spiro atoms. The number of fused-ring (bicyclic) bond motifs is 7. The number of rotatable bonds is 6. The zero-order valence-corrected chi connectivity index (χ0v) is 29.7. The molecule has 52 heavy (non-hydrogen) atoms. The van der Waals surface area contributed by atoms with Crippen molar-refractivity contribution >= 4 is 34.5 Å². The largest absolute Gasteiger partial charge is 0.463 e. The summed E-state index contributed by atoms with van der Waals surface area (Å²) in [7, 11) is 0. The molecule has 1 unspecified atom stereocenters. The molecule has 9 rings (SSSR count). The predicted molar refractivity (Wildman–Crippen MR) is 210 cm³/mol. The van der Waals surface area contributed by atoms with Crippen molar-refractivity contribution in [2.24, 2.45) is 0 Å². The Morgan fingerprint density at radius 1 is 0.692 bits per heavy atom. The average Bonchev–Trinajstić information content (AvgIpc) is 3.50. The third-order valence-electron chi connectivity index (χ3n) is 11.5. The summed E-state index contributed by atoms with van der Waals surface area (Å²) in [6.45, 7) is 9.59. The minimum Gasteiger partial charge on any atom is -0.463 e. The smallest absolute Gasteiger partial charge is 0.270 e. The van der Waals surface area contributed by atoms with Gasteiger partial charge in [0.1, 0.15) is 5.75 Å². The molecule has 1 aliphatic carbocycles. The minimum atomic E-state index is -0.843. The Labute approximate surface area is 304 Å². The van der Waals surface area contributed by atoms with Crippen molar-refractivity contribution in [1.29, 1.82) is 0 Å². The van der Waals surface area contributed by atoms with Gasteiger partial charge < -0.3 is 14.5 Å². The van der Waals surface area contributed by atoms with Crippen LogP contribution in [-0.2, 0) is 17.4 Å². The van der Waals surface area contributed by atoms with Crippen molar-refractivity contribution in [2.45, 2.75) is 50.8 Å². The van der Waals surface area contributed by atoms with E-state index < -0.39 is 11.1 Å². The zero-order chi connectivity index (χ0) is 35.8. The monoisotopic (exact) mass is 681 g/mol. The molecule has 0 bridgehead atoms. The highest BCUT2D eigenvalue weighted by Crippen LogP contribution is 2.57. The molecule has 6 aromatic carbocycles. The molecule has 0 N–H and O–H groups in total. The molecule has 0 amide bonds. The van der Waals surface area contributed by atoms with Gasteiger partial charge in [0.15, 0.2) is 0 Å². The van der Waals surface area contributed by atoms with Crippen LogP contribution in [-0.4, -0.2) is 10.6 Å². The van der Waals surface area contributed by atoms with E-state index in [-0.39, 0.29) is 16.0 Å². The van der Waals surface area contributed by atoms with E-state index in [1.165, 1.54) is 33.9 Å². The first-order valence-corrected chi connectivity index (χ1v) is 17.8. The van der Waals surface area contributed by atoms with Gasteiger partial charge in [0.2, 0.25) is 5.72 Å². The van der Waals surface area contributed by atoms with E-state index in [0.717, 1.165) is 33.9 Å². The van der Waals surface area contributed by atoms with Crippen molar-refractivity contribution in [3.05, 3.63) is 184 Å². The van der Waals surface area contributed by atoms with Gasteiger partial charge >= 0.3 is 0 Å². The Hall–Kier alpha value is -6.14. The van der Waals surface area contributed by atoms with Crippen LogP contribution in [0.25, 0.3) is 17.2 Å². The summed E-state index contributed by atoms with van der Waals surface area (Å²) < 4.78 is 7.00. The van der Waals surface area contributed by atoms with Gasteiger partial charge in [-0.2, -0.15) is 0 Å². The fraction of sp³-hybridized carbons (Fsp3) is 0.174. The molecular formula is C46H39N3O3. The van der Waals surface area contributed by atoms with Crippen LogP contribution in [0.15, 0.2) is 146 Å². The van der Waals surface area contributed by atoms with Crippen LogP contribution in [0.2, 0.25) is 0 Å². The van der Waals surface area contributed by atoms with Crippen molar-refractivity contribution in [2.75, 3.05) is 9.80 Å². The number of para-hydroxylation sites is 3. The van der Waals surface area contributed by atoms with Gasteiger partial charge in [-0.05, 0) is 102 Å². The van der Waals surface area contributed by atoms with Crippen LogP contribution < -0.4 is 14.5 Å². The molecule has 2 heterocycles. The molecule has 0 fully saturated rings. The first-order chi connectivity index (χ1) is 25.1. The van der Waals surface area contributed by atoms with Crippen molar-refractivity contribution in [1.82, 2.24) is 0 Å². The summed E-state index contributed by atoms with van der Waals surface area (Å²) in [5.74, 6) is 0.675. The van der Waals surface area contributed by atoms with Gasteiger partial charge in [0.05, 0.1) is 16.9 Å². The van der Waals surface area contributed by atoms with Gasteiger partial charge in [-0.15, -0.1) is 0 Å². The SMILES string of the molecule is CC1(C)c2cc(/C=C/C34Oc5ccc([N+](=O)[O-])cc5CN3c3ccccc3C4(C)C)ccc2-c2ccc(N(c3ccccc3)c3ccccc3)cc21. The molecule has 0 saturated heterocycles. The maximum atomic E-state index is 11.6. The molecule has 0 aromatic heterocycles. The number of non-ortho nitro benzene ring substituents is 1. The summed E-state index contributed by atoms with van der Waals surface area (Å²) in [4.78, 5) is 15.9. The Morgan fingerprint density at radius 3 is 2.02 bits per heavy atom. The van der Waals surface area contributed by atoms with E-state index in [0.29, 0.717) is 12.3 Å². The quantitative estimate of drug-likeness (QED) is 0.129. The fourth-order valence-corrected chi connectivity index (χ4v) is 8.70. The summed E-state index contributed by atoms with van der Waals surface area (Å²) in [5.41, 5.74) is 11.2. The topological polar surface area (TPSA) is 58.9 Å². The number of benzene rings is 6. The molecular weight excluding hydrogens is 643 g/mol. The average molecular weight is 682 g/mol. The highest BCUT2D eigenvalue weighted by molar-refractivity contribution is 5.86. The first kappa shape index (κ1) is 31.8. The number of hydrogen-bond donors (Lipinski definition) is 0. The Kier molecular flexibility index (Phi) is 7.00. The third-order valence-corrected chi connectivity index (χ3v) is 11.5. The number of nitro groups is 1. The summed E-state index contributed by atoms with van der Waals surface area (Å²) in [6.07, 6.45) is 4.39. The van der Waals surface area contributed by atoms with Crippen LogP contribution in [0.4, 0.5) is 28.4 Å². The highest BCUT2D eigenvalue weighted by atomic mass is 16.6. The number of nitrogens with zero attached hydrogens (tertiary/aromatic N) is 3. The second kappa shape index (κ2) is 11.4. The number of hydrogen-bond acceptors (Lipinski definition) is 5. The van der Waals surface area contributed by atoms with Crippen LogP contribution in [0.5, 0.6) is 5.75 Å². The maximum absolute atomic E-state index is 11.6. The standard InChI is InChI=1S/C46H39N3O3/c1-44(2)40-27-31(19-22-37(40)38-23-20-35(29-41(38)44)48(33-13-7-5-8-14-33)34-15-9-6-10-16-34)25-26-46-45(3,4)39-17-11-12-18-42(39)47(46)30-32-28-36(49(50)51)21-24-43(32)52-46/h5-29H,30H2,1-4H3/b26-25+. The molecule has 6 nitrogen and oxygen atoms in total. The summed E-state index contributed by atoms with van der Waals surface area (Å²) in [6, 6.07) is 48.0. The van der Waals surface area contributed by atoms with Gasteiger partial charge in [0.25, 0.3) is 5.69 Å². The van der Waals surface area contributed by atoms with E-state index in [4.69, 9.17) is 4.74 Å². The third kappa shape index (κ3) is 4.63. The number of nitro benzene ring substituents is 1. The van der Waals surface area contributed by atoms with E-state index in [1.807, 2.05) is 6.07 Å². The minimum absolute atomic E-state index is 0.0684. The van der Waals surface area contributed by atoms with Crippen LogP contribution in [0, 0.1) is 10.1 Å². The molecule has 0 saturated carbocycles. The zero-order valence-electron chi connectivity index (χ0n) is 29.7. The second-order valence-electron chi connectivity index (χ2n) is 15.1. The Morgan fingerprint density at radius 2 is 1.33 bits per heavy atom. The van der Waals surface area contributed by atoms with Gasteiger partial charge in [0, 0.05) is 45.9 Å². The highest BCUT2D eigenvalue weighted by Gasteiger charge is 2.59. The summed E-state index contributed by atoms with van der Waals surface area (Å²) in [5, 5.41) is 11.6. The lowest BCUT2D eigenvalue weighted by Gasteiger charge is -2.48. The lowest BCUT2D eigenvalue weighted by molar-refractivity contribution is -0.385. The number of ether oxygens (including phenoxy) is 1. The molecule has 1 atom stereocenters. The lowest BCUT2D eigenvalue weighted by atomic mass is 9.76. The Balaban J connectivity index is 1.10. The van der Waals surface area contributed by atoms with Crippen LogP contribution >= 0.6 is 0 Å². The van der Waals surface area contributed by atoms with Crippen molar-refractivity contribution in [3.8, 4) is 16.9 Å². The van der Waals surface area contributed by atoms with E-state index in [9.17, 15) is 10.1 Å². The van der Waals surface area contributed by atoms with Gasteiger partial charge in [-0.1, -0.05) is 98.8 Å². The molecule has 256 valence electrons. The van der Waals surface area contributed by atoms with Crippen molar-refractivity contribution in [3.63, 3.8) is 0 Å². The van der Waals surface area contributed by atoms with E-state index >= 15 is 0 Å². The maximum Gasteiger partial charge on any atom is 0.270 e. The molecule has 6 aromatic rings. The Bertz CT molecular complexity index is 2380. The van der Waals surface area contributed by atoms with E-state index in [2.05, 4.69) is 165 Å². The van der Waals surface area contributed by atoms with Gasteiger partial charge in [-0.3, -0.25) is 10.1 Å². The lowest BCUT2D eigenvalue weighted by Crippen LogP contribution is -2.60. The molecule has 6 heteroatoms. The number of anilines is 4. The van der Waals surface area contributed by atoms with Crippen LogP contribution in [0.1, 0.15) is 55.5 Å². The fourth-order valence-electron chi connectivity index (χ4n) is 8.70.